The van der Waals surface area contributed by atoms with Gasteiger partial charge in [0.1, 0.15) is 0 Å². The molecule has 110 valence electrons. The molecule has 0 unspecified atom stereocenters. The van der Waals surface area contributed by atoms with E-state index in [9.17, 15) is 9.59 Å². The molecule has 21 heavy (non-hydrogen) atoms. The first-order chi connectivity index (χ1) is 10.1. The Bertz CT molecular complexity index is 744. The number of rotatable bonds is 2. The summed E-state index contributed by atoms with van der Waals surface area (Å²) in [6.45, 7) is 0. The highest BCUT2D eigenvalue weighted by Gasteiger charge is 2.25. The van der Waals surface area contributed by atoms with Gasteiger partial charge in [-0.25, -0.2) is 0 Å². The Labute approximate surface area is 122 Å². The highest BCUT2D eigenvalue weighted by Crippen LogP contribution is 2.29. The second kappa shape index (κ2) is 5.20. The number of carbonyl (C=O) groups is 1. The minimum Gasteiger partial charge on any atom is -0.345 e. The first kappa shape index (κ1) is 13.6. The van der Waals surface area contributed by atoms with Crippen molar-refractivity contribution in [1.29, 1.82) is 0 Å². The van der Waals surface area contributed by atoms with Crippen LogP contribution in [0.2, 0.25) is 0 Å². The molecule has 0 spiro atoms. The summed E-state index contributed by atoms with van der Waals surface area (Å²) < 4.78 is 3.31. The van der Waals surface area contributed by atoms with E-state index in [1.54, 1.807) is 19.3 Å². The number of aromatic nitrogens is 3. The Kier molecular flexibility index (Phi) is 3.37. The lowest BCUT2D eigenvalue weighted by molar-refractivity contribution is 0.0932. The minimum absolute atomic E-state index is 0.0287. The number of carbonyl (C=O) groups excluding carboxylic acids is 1. The SMILES string of the molecule is Cn1ncc2c1CCC[C@@H]2NC(=O)c1ccn(C)c(=O)c1. The van der Waals surface area contributed by atoms with Crippen LogP contribution in [-0.4, -0.2) is 20.3 Å². The lowest BCUT2D eigenvalue weighted by Crippen LogP contribution is -2.32. The Morgan fingerprint density at radius 2 is 2.24 bits per heavy atom. The van der Waals surface area contributed by atoms with Gasteiger partial charge in [0.25, 0.3) is 11.5 Å². The van der Waals surface area contributed by atoms with Crippen LogP contribution in [0, 0.1) is 0 Å². The predicted octanol–water partition coefficient (Wildman–Crippen LogP) is 0.926. The van der Waals surface area contributed by atoms with E-state index in [1.807, 2.05) is 17.9 Å². The van der Waals surface area contributed by atoms with Crippen LogP contribution in [-0.2, 0) is 20.5 Å². The van der Waals surface area contributed by atoms with E-state index in [1.165, 1.54) is 16.3 Å². The maximum atomic E-state index is 12.3. The zero-order valence-electron chi connectivity index (χ0n) is 12.2. The lowest BCUT2D eigenvalue weighted by Gasteiger charge is -2.23. The zero-order chi connectivity index (χ0) is 15.0. The summed E-state index contributed by atoms with van der Waals surface area (Å²) in [5.74, 6) is -0.214. The normalized spacial score (nSPS) is 17.3. The van der Waals surface area contributed by atoms with Gasteiger partial charge in [-0.3, -0.25) is 14.3 Å². The van der Waals surface area contributed by atoms with E-state index in [-0.39, 0.29) is 17.5 Å². The summed E-state index contributed by atoms with van der Waals surface area (Å²) in [6.07, 6.45) is 6.34. The largest absolute Gasteiger partial charge is 0.345 e. The first-order valence-electron chi connectivity index (χ1n) is 7.04. The van der Waals surface area contributed by atoms with Crippen molar-refractivity contribution in [2.24, 2.45) is 14.1 Å². The summed E-state index contributed by atoms with van der Waals surface area (Å²) in [7, 11) is 3.58. The molecule has 1 aliphatic carbocycles. The fraction of sp³-hybridized carbons (Fsp3) is 0.400. The Hall–Kier alpha value is -2.37. The number of hydrogen-bond acceptors (Lipinski definition) is 3. The van der Waals surface area contributed by atoms with Crippen molar-refractivity contribution in [3.63, 3.8) is 0 Å². The van der Waals surface area contributed by atoms with Gasteiger partial charge in [-0.05, 0) is 25.3 Å². The van der Waals surface area contributed by atoms with Gasteiger partial charge in [-0.15, -0.1) is 0 Å². The molecule has 0 saturated heterocycles. The second-order valence-electron chi connectivity index (χ2n) is 5.45. The van der Waals surface area contributed by atoms with Crippen LogP contribution in [0.5, 0.6) is 0 Å². The Morgan fingerprint density at radius 1 is 1.43 bits per heavy atom. The van der Waals surface area contributed by atoms with E-state index in [0.29, 0.717) is 5.56 Å². The molecule has 1 amide bonds. The van der Waals surface area contributed by atoms with E-state index >= 15 is 0 Å². The molecule has 3 rings (SSSR count). The van der Waals surface area contributed by atoms with Crippen LogP contribution in [0.4, 0.5) is 0 Å². The monoisotopic (exact) mass is 286 g/mol. The summed E-state index contributed by atoms with van der Waals surface area (Å²) >= 11 is 0. The molecule has 0 bridgehead atoms. The molecule has 2 aromatic heterocycles. The van der Waals surface area contributed by atoms with Crippen molar-refractivity contribution in [2.75, 3.05) is 0 Å². The standard InChI is InChI=1S/C15H18N4O2/c1-18-7-6-10(8-14(18)20)15(21)17-12-4-3-5-13-11(12)9-16-19(13)2/h6-9,12H,3-5H2,1-2H3,(H,17,21)/t12-/m0/s1. The molecular formula is C15H18N4O2. The van der Waals surface area contributed by atoms with Gasteiger partial charge in [-0.2, -0.15) is 5.10 Å². The number of amides is 1. The fourth-order valence-electron chi connectivity index (χ4n) is 2.79. The maximum Gasteiger partial charge on any atom is 0.252 e. The van der Waals surface area contributed by atoms with Crippen LogP contribution in [0.25, 0.3) is 0 Å². The molecule has 1 aliphatic rings. The third kappa shape index (κ3) is 2.49. The van der Waals surface area contributed by atoms with Gasteiger partial charge >= 0.3 is 0 Å². The highest BCUT2D eigenvalue weighted by atomic mass is 16.2. The first-order valence-corrected chi connectivity index (χ1v) is 7.04. The Morgan fingerprint density at radius 3 is 3.00 bits per heavy atom. The van der Waals surface area contributed by atoms with Gasteiger partial charge in [-0.1, -0.05) is 0 Å². The number of fused-ring (bicyclic) bond motifs is 1. The average Bonchev–Trinajstić information content (AvgIpc) is 2.85. The van der Waals surface area contributed by atoms with Crippen LogP contribution in [0.3, 0.4) is 0 Å². The Balaban J connectivity index is 1.82. The summed E-state index contributed by atoms with van der Waals surface area (Å²) in [4.78, 5) is 23.9. The second-order valence-corrected chi connectivity index (χ2v) is 5.45. The number of nitrogens with one attached hydrogen (secondary N) is 1. The molecule has 1 N–H and O–H groups in total. The third-order valence-corrected chi connectivity index (χ3v) is 4.05. The number of nitrogens with zero attached hydrogens (tertiary/aromatic N) is 3. The summed E-state index contributed by atoms with van der Waals surface area (Å²) in [5.41, 5.74) is 2.47. The molecule has 0 saturated carbocycles. The van der Waals surface area contributed by atoms with Gasteiger partial charge in [0, 0.05) is 43.2 Å². The van der Waals surface area contributed by atoms with Crippen molar-refractivity contribution < 1.29 is 4.79 Å². The van der Waals surface area contributed by atoms with Gasteiger partial charge < -0.3 is 9.88 Å². The molecule has 1 atom stereocenters. The van der Waals surface area contributed by atoms with E-state index in [0.717, 1.165) is 24.8 Å². The molecule has 2 heterocycles. The van der Waals surface area contributed by atoms with Gasteiger partial charge in [0.2, 0.25) is 0 Å². The topological polar surface area (TPSA) is 68.9 Å². The molecule has 0 aromatic carbocycles. The molecule has 6 heteroatoms. The lowest BCUT2D eigenvalue weighted by atomic mass is 9.93. The van der Waals surface area contributed by atoms with Gasteiger partial charge in [0.05, 0.1) is 12.2 Å². The van der Waals surface area contributed by atoms with Crippen molar-refractivity contribution >= 4 is 5.91 Å². The van der Waals surface area contributed by atoms with Crippen molar-refractivity contribution in [2.45, 2.75) is 25.3 Å². The molecule has 0 fully saturated rings. The van der Waals surface area contributed by atoms with Crippen molar-refractivity contribution in [3.8, 4) is 0 Å². The minimum atomic E-state index is -0.214. The fourth-order valence-corrected chi connectivity index (χ4v) is 2.79. The summed E-state index contributed by atoms with van der Waals surface area (Å²) in [6, 6.07) is 2.99. The van der Waals surface area contributed by atoms with Crippen LogP contribution >= 0.6 is 0 Å². The molecular weight excluding hydrogens is 268 g/mol. The number of pyridine rings is 1. The van der Waals surface area contributed by atoms with E-state index in [2.05, 4.69) is 10.4 Å². The van der Waals surface area contributed by atoms with E-state index < -0.39 is 0 Å². The van der Waals surface area contributed by atoms with Crippen molar-refractivity contribution in [3.05, 3.63) is 51.7 Å². The molecule has 0 radical (unpaired) electrons. The maximum absolute atomic E-state index is 12.3. The van der Waals surface area contributed by atoms with E-state index in [4.69, 9.17) is 0 Å². The average molecular weight is 286 g/mol. The van der Waals surface area contributed by atoms with Crippen LogP contribution < -0.4 is 10.9 Å². The molecule has 2 aromatic rings. The zero-order valence-corrected chi connectivity index (χ0v) is 12.2. The predicted molar refractivity (Wildman–Crippen MR) is 78.0 cm³/mol. The third-order valence-electron chi connectivity index (χ3n) is 4.05. The van der Waals surface area contributed by atoms with Crippen LogP contribution in [0.1, 0.15) is 40.5 Å². The molecule has 0 aliphatic heterocycles. The number of hydrogen-bond donors (Lipinski definition) is 1. The smallest absolute Gasteiger partial charge is 0.252 e. The number of aryl methyl sites for hydroxylation is 2. The highest BCUT2D eigenvalue weighted by molar-refractivity contribution is 5.94. The summed E-state index contributed by atoms with van der Waals surface area (Å²) in [5, 5.41) is 7.28. The quantitative estimate of drug-likeness (QED) is 0.893. The molecule has 6 nitrogen and oxygen atoms in total. The van der Waals surface area contributed by atoms with Crippen molar-refractivity contribution in [1.82, 2.24) is 19.7 Å². The van der Waals surface area contributed by atoms with Gasteiger partial charge in [0.15, 0.2) is 0 Å². The van der Waals surface area contributed by atoms with Crippen LogP contribution in [0.15, 0.2) is 29.3 Å².